The smallest absolute Gasteiger partial charge is 0.338 e. The molecule has 3 aromatic rings. The second-order valence-electron chi connectivity index (χ2n) is 11.4. The van der Waals surface area contributed by atoms with Gasteiger partial charge in [-0.3, -0.25) is 4.79 Å². The van der Waals surface area contributed by atoms with Gasteiger partial charge < -0.3 is 20.3 Å². The molecule has 0 unspecified atom stereocenters. The van der Waals surface area contributed by atoms with Crippen LogP contribution in [0.2, 0.25) is 0 Å². The number of rotatable bonds is 9. The Morgan fingerprint density at radius 2 is 1.68 bits per heavy atom. The van der Waals surface area contributed by atoms with E-state index >= 15 is 0 Å². The van der Waals surface area contributed by atoms with Gasteiger partial charge in [-0.05, 0) is 62.6 Å². The number of anilines is 2. The van der Waals surface area contributed by atoms with E-state index in [9.17, 15) is 14.4 Å². The molecule has 9 heteroatoms. The first kappa shape index (κ1) is 30.4. The first-order valence-electron chi connectivity index (χ1n) is 13.6. The quantitative estimate of drug-likeness (QED) is 0.315. The molecule has 0 bridgehead atoms. The number of ether oxygens (including phenoxy) is 1. The maximum Gasteiger partial charge on any atom is 0.338 e. The predicted octanol–water partition coefficient (Wildman–Crippen LogP) is 6.09. The van der Waals surface area contributed by atoms with Crippen molar-refractivity contribution >= 4 is 29.4 Å². The minimum Gasteiger partial charge on any atom is -0.462 e. The zero-order valence-electron chi connectivity index (χ0n) is 24.8. The van der Waals surface area contributed by atoms with Crippen LogP contribution in [0, 0.1) is 19.8 Å². The van der Waals surface area contributed by atoms with Gasteiger partial charge in [0.15, 0.2) is 0 Å². The normalized spacial score (nSPS) is 11.3. The van der Waals surface area contributed by atoms with Gasteiger partial charge in [0.2, 0.25) is 5.91 Å². The summed E-state index contributed by atoms with van der Waals surface area (Å²) < 4.78 is 6.76. The molecule has 1 heterocycles. The number of aryl methyl sites for hydroxylation is 2. The number of benzene rings is 2. The fraction of sp³-hybridized carbons (Fsp3) is 0.419. The van der Waals surface area contributed by atoms with Crippen LogP contribution in [0.1, 0.15) is 68.7 Å². The molecule has 0 aliphatic heterocycles. The molecule has 0 spiro atoms. The number of esters is 1. The minimum atomic E-state index is -0.423. The lowest BCUT2D eigenvalue weighted by molar-refractivity contribution is -0.116. The van der Waals surface area contributed by atoms with Gasteiger partial charge in [-0.1, -0.05) is 52.3 Å². The molecule has 0 aliphatic carbocycles. The van der Waals surface area contributed by atoms with Crippen LogP contribution in [-0.2, 0) is 14.9 Å². The lowest BCUT2D eigenvalue weighted by Crippen LogP contribution is -2.42. The van der Waals surface area contributed by atoms with Crippen molar-refractivity contribution < 1.29 is 19.1 Å². The van der Waals surface area contributed by atoms with Crippen LogP contribution in [-0.4, -0.2) is 52.3 Å². The van der Waals surface area contributed by atoms with E-state index in [4.69, 9.17) is 9.84 Å². The number of carbonyl (C=O) groups is 3. The number of hydrogen-bond donors (Lipinski definition) is 2. The third-order valence-electron chi connectivity index (χ3n) is 6.18. The summed E-state index contributed by atoms with van der Waals surface area (Å²) in [5.41, 5.74) is 4.57. The Morgan fingerprint density at radius 1 is 1.00 bits per heavy atom. The Balaban J connectivity index is 1.80. The molecular weight excluding hydrogens is 506 g/mol. The average Bonchev–Trinajstić information content (AvgIpc) is 3.27. The van der Waals surface area contributed by atoms with Crippen molar-refractivity contribution in [3.8, 4) is 5.69 Å². The predicted molar refractivity (Wildman–Crippen MR) is 158 cm³/mol. The topological polar surface area (TPSA) is 106 Å². The largest absolute Gasteiger partial charge is 0.462 e. The van der Waals surface area contributed by atoms with Crippen molar-refractivity contribution in [1.29, 1.82) is 0 Å². The summed E-state index contributed by atoms with van der Waals surface area (Å²) in [6.45, 7) is 16.5. The van der Waals surface area contributed by atoms with E-state index in [1.54, 1.807) is 35.9 Å². The van der Waals surface area contributed by atoms with E-state index in [0.717, 1.165) is 22.5 Å². The Bertz CT molecular complexity index is 1350. The van der Waals surface area contributed by atoms with Crippen molar-refractivity contribution in [2.75, 3.05) is 30.3 Å². The van der Waals surface area contributed by atoms with Crippen molar-refractivity contribution in [3.63, 3.8) is 0 Å². The number of urea groups is 1. The average molecular weight is 548 g/mol. The Hall–Kier alpha value is -4.14. The minimum absolute atomic E-state index is 0.137. The zero-order valence-corrected chi connectivity index (χ0v) is 24.8. The molecule has 0 aliphatic rings. The third kappa shape index (κ3) is 7.94. The number of carbonyl (C=O) groups excluding carboxylic acids is 3. The summed E-state index contributed by atoms with van der Waals surface area (Å²) in [5.74, 6) is -0.0766. The van der Waals surface area contributed by atoms with E-state index in [1.807, 2.05) is 45.9 Å². The van der Waals surface area contributed by atoms with Crippen molar-refractivity contribution in [2.45, 2.75) is 60.8 Å². The summed E-state index contributed by atoms with van der Waals surface area (Å²) in [7, 11) is 0. The van der Waals surface area contributed by atoms with Gasteiger partial charge in [0.1, 0.15) is 12.4 Å². The molecule has 9 nitrogen and oxygen atoms in total. The van der Waals surface area contributed by atoms with Gasteiger partial charge >= 0.3 is 12.0 Å². The Morgan fingerprint density at radius 3 is 2.25 bits per heavy atom. The number of hydrogen-bond acceptors (Lipinski definition) is 5. The highest BCUT2D eigenvalue weighted by Crippen LogP contribution is 2.28. The molecule has 2 aromatic carbocycles. The lowest BCUT2D eigenvalue weighted by atomic mass is 9.92. The molecule has 214 valence electrons. The van der Waals surface area contributed by atoms with Gasteiger partial charge in [-0.2, -0.15) is 5.10 Å². The maximum absolute atomic E-state index is 13.3. The van der Waals surface area contributed by atoms with E-state index < -0.39 is 12.0 Å². The van der Waals surface area contributed by atoms with Crippen LogP contribution in [0.5, 0.6) is 0 Å². The van der Waals surface area contributed by atoms with Crippen LogP contribution in [0.15, 0.2) is 48.5 Å². The Labute approximate surface area is 236 Å². The Kier molecular flexibility index (Phi) is 9.74. The highest BCUT2D eigenvalue weighted by molar-refractivity contribution is 5.97. The van der Waals surface area contributed by atoms with Crippen molar-refractivity contribution in [1.82, 2.24) is 14.7 Å². The number of amides is 3. The van der Waals surface area contributed by atoms with Crippen LogP contribution >= 0.6 is 0 Å². The number of nitrogens with one attached hydrogen (secondary N) is 2. The van der Waals surface area contributed by atoms with Gasteiger partial charge in [-0.25, -0.2) is 14.3 Å². The van der Waals surface area contributed by atoms with Crippen LogP contribution in [0.3, 0.4) is 0 Å². The molecule has 0 saturated heterocycles. The molecule has 40 heavy (non-hydrogen) atoms. The SMILES string of the molecule is CCOC(=O)c1ccc(NC(=O)N(CC(=O)Nc2cc(C(C)(C)C)nn2-c2ccc(C)cc2C)CC(C)C)cc1. The molecule has 0 saturated carbocycles. The fourth-order valence-corrected chi connectivity index (χ4v) is 4.19. The van der Waals surface area contributed by atoms with Crippen molar-refractivity contribution in [2.24, 2.45) is 5.92 Å². The molecule has 0 fully saturated rings. The first-order chi connectivity index (χ1) is 18.8. The highest BCUT2D eigenvalue weighted by Gasteiger charge is 2.24. The monoisotopic (exact) mass is 547 g/mol. The molecule has 2 N–H and O–H groups in total. The van der Waals surface area contributed by atoms with Crippen LogP contribution in [0.25, 0.3) is 5.69 Å². The van der Waals surface area contributed by atoms with E-state index in [1.165, 1.54) is 4.90 Å². The summed E-state index contributed by atoms with van der Waals surface area (Å²) >= 11 is 0. The van der Waals surface area contributed by atoms with E-state index in [0.29, 0.717) is 23.6 Å². The molecular formula is C31H41N5O4. The molecule has 1 aromatic heterocycles. The molecule has 3 amide bonds. The van der Waals surface area contributed by atoms with Gasteiger partial charge in [0.25, 0.3) is 0 Å². The lowest BCUT2D eigenvalue weighted by Gasteiger charge is -2.24. The highest BCUT2D eigenvalue weighted by atomic mass is 16.5. The number of nitrogens with zero attached hydrogens (tertiary/aromatic N) is 3. The summed E-state index contributed by atoms with van der Waals surface area (Å²) in [5, 5.41) is 10.6. The number of aromatic nitrogens is 2. The first-order valence-corrected chi connectivity index (χ1v) is 13.6. The second kappa shape index (κ2) is 12.8. The van der Waals surface area contributed by atoms with Crippen molar-refractivity contribution in [3.05, 3.63) is 70.9 Å². The fourth-order valence-electron chi connectivity index (χ4n) is 4.19. The zero-order chi connectivity index (χ0) is 29.6. The third-order valence-corrected chi connectivity index (χ3v) is 6.18. The maximum atomic E-state index is 13.3. The second-order valence-corrected chi connectivity index (χ2v) is 11.4. The van der Waals surface area contributed by atoms with Gasteiger partial charge in [0, 0.05) is 23.7 Å². The van der Waals surface area contributed by atoms with Crippen LogP contribution < -0.4 is 10.6 Å². The molecule has 3 rings (SSSR count). The van der Waals surface area contributed by atoms with E-state index in [2.05, 4.69) is 37.5 Å². The van der Waals surface area contributed by atoms with Gasteiger partial charge in [-0.15, -0.1) is 0 Å². The van der Waals surface area contributed by atoms with Gasteiger partial charge in [0.05, 0.1) is 23.6 Å². The molecule has 0 atom stereocenters. The summed E-state index contributed by atoms with van der Waals surface area (Å²) in [6, 6.07) is 14.0. The molecule has 0 radical (unpaired) electrons. The summed E-state index contributed by atoms with van der Waals surface area (Å²) in [4.78, 5) is 39.9. The van der Waals surface area contributed by atoms with E-state index in [-0.39, 0.29) is 30.4 Å². The summed E-state index contributed by atoms with van der Waals surface area (Å²) in [6.07, 6.45) is 0. The standard InChI is InChI=1S/C31H41N5O4/c1-9-40-29(38)23-11-13-24(14-12-23)32-30(39)35(18-20(2)3)19-28(37)33-27-17-26(31(6,7)8)34-36(27)25-15-10-21(4)16-22(25)5/h10-17,20H,9,18-19H2,1-8H3,(H,32,39)(H,33,37). The van der Waals surface area contributed by atoms with Crippen LogP contribution in [0.4, 0.5) is 16.3 Å².